The maximum absolute atomic E-state index is 11.4. The summed E-state index contributed by atoms with van der Waals surface area (Å²) in [6, 6.07) is 5.99. The molecule has 1 saturated carbocycles. The van der Waals surface area contributed by atoms with Crippen molar-refractivity contribution in [1.29, 1.82) is 0 Å². The van der Waals surface area contributed by atoms with Gasteiger partial charge in [-0.25, -0.2) is 5.43 Å². The van der Waals surface area contributed by atoms with Gasteiger partial charge in [-0.05, 0) is 37.5 Å². The molecule has 3 N–H and O–H groups in total. The Kier molecular flexibility index (Phi) is 4.67. The van der Waals surface area contributed by atoms with Crippen molar-refractivity contribution in [2.75, 3.05) is 0 Å². The number of carbonyl (C=O) groups is 1. The quantitative estimate of drug-likeness (QED) is 0.673. The van der Waals surface area contributed by atoms with Gasteiger partial charge in [0.25, 0.3) is 5.24 Å². The van der Waals surface area contributed by atoms with Gasteiger partial charge in [0.05, 0.1) is 22.5 Å². The summed E-state index contributed by atoms with van der Waals surface area (Å²) in [6.45, 7) is 1.95. The standard InChI is InChI=1S/C18H21N5O2S/c1-10-15(21-23-18(25)26-10)11-7-8-14-13(9-11)16(17(24)19-14)22-20-12-5-3-2-4-6-12/h7-10,12,19,24H,2-6H2,1H3,(H,23,25). The molecule has 4 rings (SSSR count). The van der Waals surface area contributed by atoms with E-state index in [0.717, 1.165) is 35.0 Å². The lowest BCUT2D eigenvalue weighted by atomic mass is 9.96. The van der Waals surface area contributed by atoms with E-state index in [2.05, 4.69) is 25.7 Å². The van der Waals surface area contributed by atoms with E-state index in [-0.39, 0.29) is 22.4 Å². The lowest BCUT2D eigenvalue weighted by Gasteiger charge is -2.18. The highest BCUT2D eigenvalue weighted by atomic mass is 32.2. The molecule has 1 aromatic heterocycles. The average Bonchev–Trinajstić information content (AvgIpc) is 2.95. The topological polar surface area (TPSA) is 102 Å². The van der Waals surface area contributed by atoms with Crippen molar-refractivity contribution in [3.05, 3.63) is 23.8 Å². The van der Waals surface area contributed by atoms with Crippen molar-refractivity contribution in [2.24, 2.45) is 15.3 Å². The third-order valence-corrected chi connectivity index (χ3v) is 5.76. The fourth-order valence-corrected chi connectivity index (χ4v) is 4.22. The van der Waals surface area contributed by atoms with Crippen molar-refractivity contribution in [2.45, 2.75) is 50.3 Å². The van der Waals surface area contributed by atoms with Gasteiger partial charge >= 0.3 is 0 Å². The minimum atomic E-state index is -0.149. The molecule has 136 valence electrons. The number of aromatic nitrogens is 1. The van der Waals surface area contributed by atoms with Gasteiger partial charge < -0.3 is 10.1 Å². The highest BCUT2D eigenvalue weighted by Gasteiger charge is 2.23. The van der Waals surface area contributed by atoms with Crippen LogP contribution in [0.25, 0.3) is 10.9 Å². The Labute approximate surface area is 155 Å². The summed E-state index contributed by atoms with van der Waals surface area (Å²) in [5.74, 6) is 0.0259. The molecule has 1 aromatic carbocycles. The van der Waals surface area contributed by atoms with E-state index >= 15 is 0 Å². The number of nitrogens with zero attached hydrogens (tertiary/aromatic N) is 3. The highest BCUT2D eigenvalue weighted by molar-refractivity contribution is 8.14. The van der Waals surface area contributed by atoms with Crippen LogP contribution in [0, 0.1) is 0 Å². The number of amides is 1. The van der Waals surface area contributed by atoms with Crippen LogP contribution in [0.3, 0.4) is 0 Å². The summed E-state index contributed by atoms with van der Waals surface area (Å²) in [5, 5.41) is 23.9. The second-order valence-corrected chi connectivity index (χ2v) is 8.06. The molecule has 2 heterocycles. The molecular formula is C18H21N5O2S. The Hall–Kier alpha value is -2.35. The van der Waals surface area contributed by atoms with Crippen molar-refractivity contribution >= 4 is 39.3 Å². The molecule has 0 saturated heterocycles. The molecule has 0 radical (unpaired) electrons. The van der Waals surface area contributed by atoms with E-state index < -0.39 is 0 Å². The van der Waals surface area contributed by atoms with E-state index in [1.165, 1.54) is 31.0 Å². The second kappa shape index (κ2) is 7.11. The molecule has 26 heavy (non-hydrogen) atoms. The fourth-order valence-electron chi connectivity index (χ4n) is 3.50. The molecule has 1 amide bonds. The first kappa shape index (κ1) is 17.1. The number of azo groups is 1. The van der Waals surface area contributed by atoms with E-state index in [9.17, 15) is 9.90 Å². The number of rotatable bonds is 3. The van der Waals surface area contributed by atoms with E-state index in [1.807, 2.05) is 25.1 Å². The molecule has 8 heteroatoms. The smallest absolute Gasteiger partial charge is 0.299 e. The second-order valence-electron chi connectivity index (χ2n) is 6.75. The largest absolute Gasteiger partial charge is 0.493 e. The van der Waals surface area contributed by atoms with Crippen LogP contribution < -0.4 is 5.43 Å². The van der Waals surface area contributed by atoms with Crippen LogP contribution in [-0.4, -0.2) is 32.3 Å². The number of benzene rings is 1. The summed E-state index contributed by atoms with van der Waals surface area (Å²) in [7, 11) is 0. The summed E-state index contributed by atoms with van der Waals surface area (Å²) in [6.07, 6.45) is 5.76. The predicted octanol–water partition coefficient (Wildman–Crippen LogP) is 4.84. The number of hydrogen-bond donors (Lipinski definition) is 3. The van der Waals surface area contributed by atoms with E-state index in [0.29, 0.717) is 5.69 Å². The van der Waals surface area contributed by atoms with Gasteiger partial charge in [0.2, 0.25) is 5.88 Å². The first-order valence-corrected chi connectivity index (χ1v) is 9.80. The van der Waals surface area contributed by atoms with Crippen LogP contribution >= 0.6 is 11.8 Å². The summed E-state index contributed by atoms with van der Waals surface area (Å²) >= 11 is 1.21. The number of hydrazone groups is 1. The third kappa shape index (κ3) is 3.33. The molecule has 2 aromatic rings. The Morgan fingerprint density at radius 3 is 2.85 bits per heavy atom. The molecule has 1 aliphatic heterocycles. The number of aromatic hydroxyl groups is 1. The third-order valence-electron chi connectivity index (χ3n) is 4.88. The van der Waals surface area contributed by atoms with Gasteiger partial charge in [-0.15, -0.1) is 5.11 Å². The molecular weight excluding hydrogens is 350 g/mol. The maximum Gasteiger partial charge on any atom is 0.299 e. The van der Waals surface area contributed by atoms with Crippen molar-refractivity contribution in [3.63, 3.8) is 0 Å². The number of thioether (sulfide) groups is 1. The molecule has 0 spiro atoms. The van der Waals surface area contributed by atoms with Gasteiger partial charge in [0, 0.05) is 5.39 Å². The van der Waals surface area contributed by atoms with Crippen molar-refractivity contribution in [1.82, 2.24) is 10.4 Å². The van der Waals surface area contributed by atoms with Gasteiger partial charge in [-0.1, -0.05) is 37.1 Å². The van der Waals surface area contributed by atoms with Crippen LogP contribution in [0.4, 0.5) is 10.5 Å². The number of aromatic amines is 1. The molecule has 7 nitrogen and oxygen atoms in total. The predicted molar refractivity (Wildman–Crippen MR) is 103 cm³/mol. The first-order valence-electron chi connectivity index (χ1n) is 8.92. The van der Waals surface area contributed by atoms with Gasteiger partial charge in [-0.2, -0.15) is 10.2 Å². The van der Waals surface area contributed by atoms with Gasteiger partial charge in [0.15, 0.2) is 5.69 Å². The normalized spacial score (nSPS) is 22.0. The molecule has 2 aliphatic rings. The van der Waals surface area contributed by atoms with Crippen LogP contribution in [0.5, 0.6) is 5.88 Å². The lowest BCUT2D eigenvalue weighted by Crippen LogP contribution is -2.29. The average molecular weight is 371 g/mol. The summed E-state index contributed by atoms with van der Waals surface area (Å²) in [5.41, 5.74) is 5.46. The minimum absolute atomic E-state index is 0.0259. The Balaban J connectivity index is 1.68. The molecule has 1 unspecified atom stereocenters. The number of fused-ring (bicyclic) bond motifs is 1. The molecule has 1 aliphatic carbocycles. The monoisotopic (exact) mass is 371 g/mol. The highest BCUT2D eigenvalue weighted by Crippen LogP contribution is 2.37. The molecule has 1 fully saturated rings. The van der Waals surface area contributed by atoms with Crippen molar-refractivity contribution in [3.8, 4) is 5.88 Å². The van der Waals surface area contributed by atoms with Crippen LogP contribution in [0.1, 0.15) is 44.6 Å². The lowest BCUT2D eigenvalue weighted by molar-refractivity contribution is 0.261. The van der Waals surface area contributed by atoms with E-state index in [4.69, 9.17) is 0 Å². The summed E-state index contributed by atoms with van der Waals surface area (Å²) in [4.78, 5) is 14.4. The Bertz CT molecular complexity index is 898. The Morgan fingerprint density at radius 1 is 1.27 bits per heavy atom. The zero-order valence-electron chi connectivity index (χ0n) is 14.5. The van der Waals surface area contributed by atoms with Gasteiger partial charge in [0.1, 0.15) is 0 Å². The first-order chi connectivity index (χ1) is 12.6. The minimum Gasteiger partial charge on any atom is -0.493 e. The van der Waals surface area contributed by atoms with Crippen LogP contribution in [0.2, 0.25) is 0 Å². The van der Waals surface area contributed by atoms with Gasteiger partial charge in [-0.3, -0.25) is 4.79 Å². The number of H-pyrrole nitrogens is 1. The zero-order chi connectivity index (χ0) is 18.1. The van der Waals surface area contributed by atoms with Crippen LogP contribution in [0.15, 0.2) is 33.5 Å². The van der Waals surface area contributed by atoms with E-state index in [1.54, 1.807) is 0 Å². The number of nitrogens with one attached hydrogen (secondary N) is 2. The SMILES string of the molecule is CC1SC(=O)NN=C1c1ccc2[nH]c(O)c(N=NC3CCCCC3)c2c1. The maximum atomic E-state index is 11.4. The summed E-state index contributed by atoms with van der Waals surface area (Å²) < 4.78 is 0. The zero-order valence-corrected chi connectivity index (χ0v) is 15.3. The van der Waals surface area contributed by atoms with Crippen molar-refractivity contribution < 1.29 is 9.90 Å². The Morgan fingerprint density at radius 2 is 2.08 bits per heavy atom. The van der Waals surface area contributed by atoms with Crippen LogP contribution in [-0.2, 0) is 0 Å². The number of hydrogen-bond acceptors (Lipinski definition) is 6. The fraction of sp³-hybridized carbons (Fsp3) is 0.444. The molecule has 1 atom stereocenters. The molecule has 0 bridgehead atoms. The number of carbonyl (C=O) groups excluding carboxylic acids is 1.